The second kappa shape index (κ2) is 10.4. The van der Waals surface area contributed by atoms with Gasteiger partial charge in [0.05, 0.1) is 12.2 Å². The molecule has 2 aromatic heterocycles. The minimum Gasteiger partial charge on any atom is -0.475 e. The Labute approximate surface area is 215 Å². The molecule has 15 heteroatoms. The van der Waals surface area contributed by atoms with Crippen LogP contribution in [0.4, 0.5) is 13.2 Å². The number of alkyl halides is 3. The molecule has 1 atom stereocenters. The molecule has 0 saturated heterocycles. The zero-order chi connectivity index (χ0) is 26.9. The molecule has 0 aliphatic carbocycles. The van der Waals surface area contributed by atoms with Crippen molar-refractivity contribution < 1.29 is 28.2 Å². The first kappa shape index (κ1) is 26.4. The monoisotopic (exact) mass is 554 g/mol. The van der Waals surface area contributed by atoms with Crippen LogP contribution in [-0.4, -0.2) is 63.8 Å². The molecule has 2 aromatic carbocycles. The van der Waals surface area contributed by atoms with Gasteiger partial charge in [0, 0.05) is 15.5 Å². The maximum absolute atomic E-state index is 13.1. The summed E-state index contributed by atoms with van der Waals surface area (Å²) in [6, 6.07) is 12.7. The minimum atomic E-state index is -4.97. The van der Waals surface area contributed by atoms with Crippen molar-refractivity contribution in [3.63, 3.8) is 0 Å². The normalized spacial score (nSPS) is 12.6. The summed E-state index contributed by atoms with van der Waals surface area (Å²) < 4.78 is 41.8. The second-order valence-corrected chi connectivity index (χ2v) is 8.96. The van der Waals surface area contributed by atoms with Gasteiger partial charge in [-0.05, 0) is 42.7 Å². The number of aromatic carboxylic acids is 1. The van der Waals surface area contributed by atoms with E-state index in [1.165, 1.54) is 36.0 Å². The molecule has 0 aliphatic heterocycles. The van der Waals surface area contributed by atoms with Crippen LogP contribution in [0.25, 0.3) is 17.1 Å². The Kier molecular flexibility index (Phi) is 7.43. The number of benzene rings is 2. The van der Waals surface area contributed by atoms with Crippen molar-refractivity contribution in [2.75, 3.05) is 6.26 Å². The van der Waals surface area contributed by atoms with E-state index in [0.29, 0.717) is 20.2 Å². The Balaban J connectivity index is 1.79. The van der Waals surface area contributed by atoms with Crippen LogP contribution in [0.1, 0.15) is 16.4 Å². The van der Waals surface area contributed by atoms with Gasteiger partial charge in [0.25, 0.3) is 0 Å². The second-order valence-electron chi connectivity index (χ2n) is 7.68. The van der Waals surface area contributed by atoms with Crippen LogP contribution < -0.4 is 5.69 Å². The maximum Gasteiger partial charge on any atom is 0.416 e. The van der Waals surface area contributed by atoms with Gasteiger partial charge in [-0.15, -0.1) is 22.0 Å². The first-order valence-corrected chi connectivity index (χ1v) is 12.1. The Hall–Kier alpha value is -3.62. The summed E-state index contributed by atoms with van der Waals surface area (Å²) in [6.07, 6.45) is -6.00. The molecule has 4 rings (SSSR count). The van der Waals surface area contributed by atoms with E-state index in [0.717, 1.165) is 9.36 Å². The summed E-state index contributed by atoms with van der Waals surface area (Å²) in [6.45, 7) is -1.55. The number of aromatic nitrogens is 6. The summed E-state index contributed by atoms with van der Waals surface area (Å²) in [4.78, 5) is 29.6. The average molecular weight is 555 g/mol. The SMILES string of the molecule is CSc1ccccc1-n1nc(Cn2nc(-c3ccc(Cl)cc3)n(C[C@H](O)C(F)(F)F)c2=O)nc1C(=O)O. The lowest BCUT2D eigenvalue weighted by Crippen LogP contribution is -2.37. The molecule has 2 heterocycles. The van der Waals surface area contributed by atoms with Gasteiger partial charge in [-0.3, -0.25) is 4.57 Å². The standard InChI is InChI=1S/C22H18ClF3N6O4S/c1-37-15-5-3-2-4-14(15)32-19(20(34)35)27-17(28-32)11-31-21(36)30(10-16(33)22(24,25)26)18(29-31)12-6-8-13(23)9-7-12/h2-9,16,33H,10-11H2,1H3,(H,34,35)/t16-/m0/s1. The molecule has 0 saturated carbocycles. The highest BCUT2D eigenvalue weighted by molar-refractivity contribution is 7.98. The minimum absolute atomic E-state index is 0.112. The number of halogens is 4. The van der Waals surface area contributed by atoms with Crippen LogP contribution in [0, 0.1) is 0 Å². The van der Waals surface area contributed by atoms with Crippen molar-refractivity contribution in [2.45, 2.75) is 30.3 Å². The third-order valence-electron chi connectivity index (χ3n) is 5.21. The zero-order valence-corrected chi connectivity index (χ0v) is 20.5. The first-order valence-electron chi connectivity index (χ1n) is 10.5. The van der Waals surface area contributed by atoms with E-state index < -0.39 is 42.9 Å². The number of aliphatic hydroxyl groups excluding tert-OH is 1. The molecule has 0 unspecified atom stereocenters. The summed E-state index contributed by atoms with van der Waals surface area (Å²) in [5.74, 6) is -2.06. The van der Waals surface area contributed by atoms with E-state index in [2.05, 4.69) is 15.2 Å². The van der Waals surface area contributed by atoms with Crippen molar-refractivity contribution in [3.8, 4) is 17.1 Å². The number of carboxylic acids is 1. The third kappa shape index (κ3) is 5.55. The highest BCUT2D eigenvalue weighted by Gasteiger charge is 2.39. The molecule has 0 bridgehead atoms. The molecule has 0 aliphatic rings. The summed E-state index contributed by atoms with van der Waals surface area (Å²) in [5, 5.41) is 28.0. The van der Waals surface area contributed by atoms with E-state index >= 15 is 0 Å². The lowest BCUT2D eigenvalue weighted by atomic mass is 10.2. The van der Waals surface area contributed by atoms with Gasteiger partial charge in [0.1, 0.15) is 6.54 Å². The molecule has 10 nitrogen and oxygen atoms in total. The lowest BCUT2D eigenvalue weighted by Gasteiger charge is -2.15. The van der Waals surface area contributed by atoms with Gasteiger partial charge in [0.15, 0.2) is 17.8 Å². The average Bonchev–Trinajstić information content (AvgIpc) is 3.41. The number of hydrogen-bond acceptors (Lipinski definition) is 7. The number of rotatable bonds is 8. The Bertz CT molecular complexity index is 1500. The van der Waals surface area contributed by atoms with E-state index in [9.17, 15) is 33.0 Å². The van der Waals surface area contributed by atoms with E-state index in [1.807, 2.05) is 0 Å². The molecule has 37 heavy (non-hydrogen) atoms. The van der Waals surface area contributed by atoms with Crippen molar-refractivity contribution in [3.05, 3.63) is 75.7 Å². The van der Waals surface area contributed by atoms with Gasteiger partial charge >= 0.3 is 17.8 Å². The molecule has 4 aromatic rings. The van der Waals surface area contributed by atoms with Crippen LogP contribution in [0.5, 0.6) is 0 Å². The van der Waals surface area contributed by atoms with Gasteiger partial charge in [-0.2, -0.15) is 13.2 Å². The third-order valence-corrected chi connectivity index (χ3v) is 6.24. The zero-order valence-electron chi connectivity index (χ0n) is 18.9. The Morgan fingerprint density at radius 3 is 2.43 bits per heavy atom. The quantitative estimate of drug-likeness (QED) is 0.317. The van der Waals surface area contributed by atoms with E-state index in [-0.39, 0.29) is 17.2 Å². The maximum atomic E-state index is 13.1. The largest absolute Gasteiger partial charge is 0.475 e. The molecule has 0 spiro atoms. The number of carboxylic acid groups (broad SMARTS) is 1. The predicted octanol–water partition coefficient (Wildman–Crippen LogP) is 3.34. The van der Waals surface area contributed by atoms with Crippen LogP contribution in [0.3, 0.4) is 0 Å². The molecule has 2 N–H and O–H groups in total. The summed E-state index contributed by atoms with van der Waals surface area (Å²) in [5.41, 5.74) is -0.265. The summed E-state index contributed by atoms with van der Waals surface area (Å²) >= 11 is 7.25. The van der Waals surface area contributed by atoms with Gasteiger partial charge < -0.3 is 10.2 Å². The van der Waals surface area contributed by atoms with Gasteiger partial charge in [-0.1, -0.05) is 23.7 Å². The number of hydrogen-bond donors (Lipinski definition) is 2. The highest BCUT2D eigenvalue weighted by atomic mass is 35.5. The van der Waals surface area contributed by atoms with Crippen LogP contribution in [0.2, 0.25) is 5.02 Å². The highest BCUT2D eigenvalue weighted by Crippen LogP contribution is 2.25. The molecule has 0 fully saturated rings. The van der Waals surface area contributed by atoms with E-state index in [1.54, 1.807) is 30.5 Å². The fourth-order valence-corrected chi connectivity index (χ4v) is 4.17. The smallest absolute Gasteiger partial charge is 0.416 e. The Morgan fingerprint density at radius 1 is 1.14 bits per heavy atom. The van der Waals surface area contributed by atoms with Gasteiger partial charge in [0.2, 0.25) is 5.82 Å². The topological polar surface area (TPSA) is 128 Å². The van der Waals surface area contributed by atoms with Crippen LogP contribution in [-0.2, 0) is 13.1 Å². The molecular formula is C22H18ClF3N6O4S. The van der Waals surface area contributed by atoms with Crippen LogP contribution in [0.15, 0.2) is 58.2 Å². The number of thioether (sulfide) groups is 1. The van der Waals surface area contributed by atoms with Crippen LogP contribution >= 0.6 is 23.4 Å². The molecular weight excluding hydrogens is 537 g/mol. The Morgan fingerprint density at radius 2 is 1.81 bits per heavy atom. The number of para-hydroxylation sites is 1. The number of nitrogens with zero attached hydrogens (tertiary/aromatic N) is 6. The number of aliphatic hydroxyl groups is 1. The van der Waals surface area contributed by atoms with Crippen molar-refractivity contribution in [1.29, 1.82) is 0 Å². The molecule has 0 amide bonds. The number of carbonyl (C=O) groups is 1. The molecule has 0 radical (unpaired) electrons. The van der Waals surface area contributed by atoms with Crippen molar-refractivity contribution >= 4 is 29.3 Å². The fourth-order valence-electron chi connectivity index (χ4n) is 3.46. The van der Waals surface area contributed by atoms with E-state index in [4.69, 9.17) is 11.6 Å². The first-order chi connectivity index (χ1) is 17.5. The summed E-state index contributed by atoms with van der Waals surface area (Å²) in [7, 11) is 0. The van der Waals surface area contributed by atoms with Gasteiger partial charge in [-0.25, -0.2) is 23.9 Å². The predicted molar refractivity (Wildman–Crippen MR) is 128 cm³/mol. The lowest BCUT2D eigenvalue weighted by molar-refractivity contribution is -0.207. The van der Waals surface area contributed by atoms with Crippen molar-refractivity contribution in [2.24, 2.45) is 0 Å². The molecule has 194 valence electrons. The fraction of sp³-hybridized carbons (Fsp3) is 0.227. The van der Waals surface area contributed by atoms with Crippen molar-refractivity contribution in [1.82, 2.24) is 29.1 Å².